The minimum Gasteiger partial charge on any atom is -0.0732 e. The molecular formula is C14H14. The molecule has 14 heavy (non-hydrogen) atoms. The molecule has 0 amide bonds. The van der Waals surface area contributed by atoms with Gasteiger partial charge in [-0.15, -0.1) is 0 Å². The first kappa shape index (κ1) is 9.01. The minimum absolute atomic E-state index is 0.422. The Kier molecular flexibility index (Phi) is 2.64. The molecule has 1 aliphatic carbocycles. The molecule has 1 atom stereocenters. The summed E-state index contributed by atoms with van der Waals surface area (Å²) in [5.74, 6) is 0.422. The third-order valence-electron chi connectivity index (χ3n) is 2.42. The first-order valence-corrected chi connectivity index (χ1v) is 4.94. The van der Waals surface area contributed by atoms with E-state index in [4.69, 9.17) is 0 Å². The second-order valence-corrected chi connectivity index (χ2v) is 3.59. The molecule has 0 saturated heterocycles. The number of rotatable bonds is 1. The summed E-state index contributed by atoms with van der Waals surface area (Å²) in [5.41, 5.74) is 2.68. The molecule has 0 N–H and O–H groups in total. The van der Waals surface area contributed by atoms with Crippen LogP contribution in [0.15, 0.2) is 66.3 Å². The van der Waals surface area contributed by atoms with Crippen LogP contribution >= 0.6 is 0 Å². The Balaban J connectivity index is 2.32. The molecule has 1 aromatic carbocycles. The molecule has 0 radical (unpaired) electrons. The fourth-order valence-electron chi connectivity index (χ4n) is 1.67. The second-order valence-electron chi connectivity index (χ2n) is 3.59. The van der Waals surface area contributed by atoms with Gasteiger partial charge in [-0.05, 0) is 12.5 Å². The zero-order valence-corrected chi connectivity index (χ0v) is 8.35. The van der Waals surface area contributed by atoms with Gasteiger partial charge in [-0.2, -0.15) is 0 Å². The van der Waals surface area contributed by atoms with E-state index in [0.29, 0.717) is 5.92 Å². The molecule has 1 unspecified atom stereocenters. The molecule has 0 heterocycles. The molecule has 0 aliphatic heterocycles. The predicted octanol–water partition coefficient (Wildman–Crippen LogP) is 3.84. The zero-order chi connectivity index (χ0) is 9.80. The summed E-state index contributed by atoms with van der Waals surface area (Å²) in [6, 6.07) is 10.6. The van der Waals surface area contributed by atoms with Crippen LogP contribution in [0.5, 0.6) is 0 Å². The van der Waals surface area contributed by atoms with Gasteiger partial charge in [0.25, 0.3) is 0 Å². The van der Waals surface area contributed by atoms with Crippen molar-refractivity contribution >= 4 is 0 Å². The maximum atomic E-state index is 2.29. The Bertz CT molecular complexity index is 380. The molecular weight excluding hydrogens is 168 g/mol. The standard InChI is InChI=1S/C14H14/c1-12-7-5-6-10-14(11-12)13-8-3-2-4-9-13/h2-11,14H,1H3. The number of benzene rings is 1. The summed E-state index contributed by atoms with van der Waals surface area (Å²) in [6.07, 6.45) is 10.9. The topological polar surface area (TPSA) is 0 Å². The van der Waals surface area contributed by atoms with Gasteiger partial charge in [-0.3, -0.25) is 0 Å². The van der Waals surface area contributed by atoms with Crippen LogP contribution in [-0.2, 0) is 0 Å². The third-order valence-corrected chi connectivity index (χ3v) is 2.42. The molecule has 0 fully saturated rings. The van der Waals surface area contributed by atoms with E-state index >= 15 is 0 Å². The summed E-state index contributed by atoms with van der Waals surface area (Å²) in [6.45, 7) is 2.14. The normalized spacial score (nSPS) is 20.4. The quantitative estimate of drug-likeness (QED) is 0.619. The van der Waals surface area contributed by atoms with E-state index in [1.54, 1.807) is 0 Å². The zero-order valence-electron chi connectivity index (χ0n) is 8.35. The number of hydrogen-bond acceptors (Lipinski definition) is 0. The highest BCUT2D eigenvalue weighted by Crippen LogP contribution is 2.22. The van der Waals surface area contributed by atoms with E-state index in [1.807, 2.05) is 0 Å². The smallest absolute Gasteiger partial charge is 0.0207 e. The summed E-state index contributed by atoms with van der Waals surface area (Å²) in [4.78, 5) is 0. The van der Waals surface area contributed by atoms with Gasteiger partial charge in [0.2, 0.25) is 0 Å². The minimum atomic E-state index is 0.422. The van der Waals surface area contributed by atoms with Gasteiger partial charge in [-0.1, -0.05) is 66.3 Å². The van der Waals surface area contributed by atoms with Crippen molar-refractivity contribution in [2.24, 2.45) is 0 Å². The molecule has 1 aromatic rings. The van der Waals surface area contributed by atoms with Crippen molar-refractivity contribution in [3.05, 3.63) is 71.8 Å². The van der Waals surface area contributed by atoms with Gasteiger partial charge in [-0.25, -0.2) is 0 Å². The van der Waals surface area contributed by atoms with Crippen molar-refractivity contribution in [2.75, 3.05) is 0 Å². The van der Waals surface area contributed by atoms with Crippen molar-refractivity contribution in [1.29, 1.82) is 0 Å². The van der Waals surface area contributed by atoms with E-state index in [0.717, 1.165) is 0 Å². The summed E-state index contributed by atoms with van der Waals surface area (Å²) in [5, 5.41) is 0. The lowest BCUT2D eigenvalue weighted by Gasteiger charge is -2.07. The number of hydrogen-bond donors (Lipinski definition) is 0. The van der Waals surface area contributed by atoms with E-state index in [1.165, 1.54) is 11.1 Å². The molecule has 1 aliphatic rings. The average molecular weight is 182 g/mol. The van der Waals surface area contributed by atoms with Crippen LogP contribution in [0.25, 0.3) is 0 Å². The van der Waals surface area contributed by atoms with Crippen molar-refractivity contribution < 1.29 is 0 Å². The van der Waals surface area contributed by atoms with Crippen molar-refractivity contribution in [2.45, 2.75) is 12.8 Å². The van der Waals surface area contributed by atoms with Gasteiger partial charge < -0.3 is 0 Å². The molecule has 0 heteroatoms. The van der Waals surface area contributed by atoms with Crippen LogP contribution in [0, 0.1) is 0 Å². The average Bonchev–Trinajstić information content (AvgIpc) is 2.44. The van der Waals surface area contributed by atoms with Crippen molar-refractivity contribution in [3.63, 3.8) is 0 Å². The van der Waals surface area contributed by atoms with Crippen LogP contribution in [0.3, 0.4) is 0 Å². The molecule has 0 nitrogen and oxygen atoms in total. The van der Waals surface area contributed by atoms with Gasteiger partial charge >= 0.3 is 0 Å². The van der Waals surface area contributed by atoms with Crippen molar-refractivity contribution in [3.8, 4) is 0 Å². The van der Waals surface area contributed by atoms with Gasteiger partial charge in [0.05, 0.1) is 0 Å². The molecule has 70 valence electrons. The molecule has 0 spiro atoms. The SMILES string of the molecule is CC1=CC(c2ccccc2)C=CC=C1. The highest BCUT2D eigenvalue weighted by molar-refractivity contribution is 5.36. The third kappa shape index (κ3) is 2.02. The number of allylic oxidation sites excluding steroid dienone is 6. The highest BCUT2D eigenvalue weighted by atomic mass is 14.1. The molecule has 0 aromatic heterocycles. The monoisotopic (exact) mass is 182 g/mol. The van der Waals surface area contributed by atoms with Gasteiger partial charge in [0, 0.05) is 5.92 Å². The van der Waals surface area contributed by atoms with Crippen LogP contribution < -0.4 is 0 Å². The maximum absolute atomic E-state index is 2.29. The Morgan fingerprint density at radius 2 is 1.79 bits per heavy atom. The Morgan fingerprint density at radius 1 is 1.00 bits per heavy atom. The Morgan fingerprint density at radius 3 is 2.57 bits per heavy atom. The molecule has 0 saturated carbocycles. The lowest BCUT2D eigenvalue weighted by molar-refractivity contribution is 1.07. The maximum Gasteiger partial charge on any atom is 0.0207 e. The van der Waals surface area contributed by atoms with Crippen LogP contribution in [0.2, 0.25) is 0 Å². The van der Waals surface area contributed by atoms with Gasteiger partial charge in [0.15, 0.2) is 0 Å². The van der Waals surface area contributed by atoms with Crippen LogP contribution in [0.1, 0.15) is 18.4 Å². The lowest BCUT2D eigenvalue weighted by Crippen LogP contribution is -1.90. The fourth-order valence-corrected chi connectivity index (χ4v) is 1.67. The Hall–Kier alpha value is -1.56. The molecule has 0 bridgehead atoms. The van der Waals surface area contributed by atoms with Crippen LogP contribution in [-0.4, -0.2) is 0 Å². The summed E-state index contributed by atoms with van der Waals surface area (Å²) < 4.78 is 0. The van der Waals surface area contributed by atoms with Crippen molar-refractivity contribution in [1.82, 2.24) is 0 Å². The predicted molar refractivity (Wildman–Crippen MR) is 61.2 cm³/mol. The fraction of sp³-hybridized carbons (Fsp3) is 0.143. The largest absolute Gasteiger partial charge is 0.0732 e. The first-order valence-electron chi connectivity index (χ1n) is 4.94. The first-order chi connectivity index (χ1) is 6.86. The van der Waals surface area contributed by atoms with Crippen LogP contribution in [0.4, 0.5) is 0 Å². The van der Waals surface area contributed by atoms with E-state index in [2.05, 4.69) is 67.6 Å². The second kappa shape index (κ2) is 4.10. The van der Waals surface area contributed by atoms with E-state index in [9.17, 15) is 0 Å². The van der Waals surface area contributed by atoms with E-state index in [-0.39, 0.29) is 0 Å². The molecule has 2 rings (SSSR count). The summed E-state index contributed by atoms with van der Waals surface area (Å²) >= 11 is 0. The highest BCUT2D eigenvalue weighted by Gasteiger charge is 2.04. The van der Waals surface area contributed by atoms with Gasteiger partial charge in [0.1, 0.15) is 0 Å². The summed E-state index contributed by atoms with van der Waals surface area (Å²) in [7, 11) is 0. The Labute approximate surface area is 85.3 Å². The lowest BCUT2D eigenvalue weighted by atomic mass is 9.97. The van der Waals surface area contributed by atoms with E-state index < -0.39 is 0 Å².